The van der Waals surface area contributed by atoms with E-state index in [4.69, 9.17) is 28.5 Å². The van der Waals surface area contributed by atoms with Gasteiger partial charge < -0.3 is 23.5 Å². The summed E-state index contributed by atoms with van der Waals surface area (Å²) in [7, 11) is -3.97. The number of phosphoric acid groups is 1. The average Bonchev–Trinajstić information content (AvgIpc) is 3.55. The smallest absolute Gasteiger partial charge is 0.482 e. The molecule has 4 fully saturated rings. The predicted molar refractivity (Wildman–Crippen MR) is 228 cm³/mol. The molecule has 4 aliphatic carbocycles. The third-order valence-corrected chi connectivity index (χ3v) is 14.3. The molecule has 8 aliphatic rings. The number of ketones is 2. The second kappa shape index (κ2) is 13.8. The third kappa shape index (κ3) is 5.92. The number of nitrogens with zero attached hydrogens (tertiary/aromatic N) is 1. The van der Waals surface area contributed by atoms with E-state index in [2.05, 4.69) is 6.08 Å². The summed E-state index contributed by atoms with van der Waals surface area (Å²) in [5.74, 6) is -3.30. The van der Waals surface area contributed by atoms with Crippen molar-refractivity contribution in [3.05, 3.63) is 98.7 Å². The molecule has 3 saturated carbocycles. The largest absolute Gasteiger partial charge is 0.524 e. The molecule has 4 bridgehead atoms. The van der Waals surface area contributed by atoms with Gasteiger partial charge in [0.25, 0.3) is 0 Å². The highest BCUT2D eigenvalue weighted by Gasteiger charge is 2.84. The van der Waals surface area contributed by atoms with Crippen molar-refractivity contribution in [1.82, 2.24) is 0 Å². The average molecular weight is 850 g/mol. The number of carbonyl (C=O) groups excluding carboxylic acids is 3. The van der Waals surface area contributed by atoms with E-state index in [-0.39, 0.29) is 47.0 Å². The Hall–Kier alpha value is -4.87. The fourth-order valence-corrected chi connectivity index (χ4v) is 11.8. The van der Waals surface area contributed by atoms with Crippen molar-refractivity contribution in [1.29, 1.82) is 0 Å². The van der Waals surface area contributed by atoms with Crippen molar-refractivity contribution in [2.75, 3.05) is 7.11 Å². The molecule has 2 aromatic carbocycles. The minimum atomic E-state index is -5.27. The molecule has 7 atom stereocenters. The van der Waals surface area contributed by atoms with Crippen LogP contribution in [-0.2, 0) is 30.0 Å². The van der Waals surface area contributed by atoms with Gasteiger partial charge in [-0.3, -0.25) is 24.4 Å². The molecule has 0 amide bonds. The number of methoxy groups -OCH3 is 1. The summed E-state index contributed by atoms with van der Waals surface area (Å²) in [5.41, 5.74) is 0.992. The summed E-state index contributed by atoms with van der Waals surface area (Å²) in [6.07, 6.45) is 11.4. The summed E-state index contributed by atoms with van der Waals surface area (Å²) in [6, 6.07) is 7.26. The number of allylic oxidation sites excluding steroid dienone is 4. The highest BCUT2D eigenvalue weighted by molar-refractivity contribution is 7.46. The Balaban J connectivity index is 1.41. The maximum Gasteiger partial charge on any atom is 0.524 e. The Labute approximate surface area is 355 Å². The van der Waals surface area contributed by atoms with Crippen molar-refractivity contribution >= 4 is 42.8 Å². The number of Topliss-reactive ketones (excluding diaryl/α,β-unsaturated/α-hetero) is 2. The Kier molecular flexibility index (Phi) is 9.39. The van der Waals surface area contributed by atoms with Crippen LogP contribution in [0.25, 0.3) is 11.8 Å². The summed E-state index contributed by atoms with van der Waals surface area (Å²) < 4.78 is 45.8. The number of fused-ring (bicyclic) bond motifs is 6. The molecular formula is C48H52NO11P. The van der Waals surface area contributed by atoms with Gasteiger partial charge in [-0.15, -0.1) is 0 Å². The summed E-state index contributed by atoms with van der Waals surface area (Å²) in [6.45, 7) is 15.5. The van der Waals surface area contributed by atoms with Crippen LogP contribution in [0.15, 0.2) is 75.9 Å². The lowest BCUT2D eigenvalue weighted by atomic mass is 9.43. The van der Waals surface area contributed by atoms with Crippen LogP contribution in [0.1, 0.15) is 114 Å². The molecule has 0 aromatic heterocycles. The lowest BCUT2D eigenvalue weighted by molar-refractivity contribution is -0.183. The molecular weight excluding hydrogens is 797 g/mol. The van der Waals surface area contributed by atoms with Crippen molar-refractivity contribution in [3.63, 3.8) is 0 Å². The maximum absolute atomic E-state index is 15.7. The van der Waals surface area contributed by atoms with Crippen LogP contribution >= 0.6 is 7.82 Å². The summed E-state index contributed by atoms with van der Waals surface area (Å²) >= 11 is 0. The first-order valence-electron chi connectivity index (χ1n) is 21.0. The van der Waals surface area contributed by atoms with E-state index in [1.807, 2.05) is 72.8 Å². The monoisotopic (exact) mass is 849 g/mol. The zero-order valence-corrected chi connectivity index (χ0v) is 36.9. The van der Waals surface area contributed by atoms with E-state index in [0.29, 0.717) is 64.2 Å². The lowest BCUT2D eigenvalue weighted by Crippen LogP contribution is -2.75. The predicted octanol–water partition coefficient (Wildman–Crippen LogP) is 8.63. The number of hydrogen-bond donors (Lipinski definition) is 2. The Morgan fingerprint density at radius 1 is 0.984 bits per heavy atom. The van der Waals surface area contributed by atoms with Gasteiger partial charge in [0.05, 0.1) is 41.2 Å². The minimum Gasteiger partial charge on any atom is -0.482 e. The van der Waals surface area contributed by atoms with Crippen LogP contribution in [0.4, 0.5) is 0 Å². The molecule has 13 heteroatoms. The molecule has 0 radical (unpaired) electrons. The Morgan fingerprint density at radius 2 is 1.69 bits per heavy atom. The van der Waals surface area contributed by atoms with E-state index < -0.39 is 59.9 Å². The summed E-state index contributed by atoms with van der Waals surface area (Å²) in [4.78, 5) is 69.9. The molecule has 4 heterocycles. The van der Waals surface area contributed by atoms with Crippen LogP contribution in [0.5, 0.6) is 17.2 Å². The van der Waals surface area contributed by atoms with Gasteiger partial charge in [-0.05, 0) is 93.2 Å². The van der Waals surface area contributed by atoms with Gasteiger partial charge in [0.15, 0.2) is 28.5 Å². The van der Waals surface area contributed by atoms with Crippen LogP contribution < -0.4 is 14.0 Å². The number of benzene rings is 2. The van der Waals surface area contributed by atoms with E-state index in [1.54, 1.807) is 31.2 Å². The van der Waals surface area contributed by atoms with Crippen molar-refractivity contribution in [2.24, 2.45) is 28.7 Å². The van der Waals surface area contributed by atoms with Crippen LogP contribution in [0, 0.1) is 23.7 Å². The van der Waals surface area contributed by atoms with Crippen molar-refractivity contribution in [2.45, 2.75) is 110 Å². The zero-order chi connectivity index (χ0) is 43.8. The molecule has 12 nitrogen and oxygen atoms in total. The first-order chi connectivity index (χ1) is 28.7. The van der Waals surface area contributed by atoms with Crippen LogP contribution in [-0.4, -0.2) is 62.5 Å². The third-order valence-electron chi connectivity index (χ3n) is 13.9. The first kappa shape index (κ1) is 41.5. The quantitative estimate of drug-likeness (QED) is 0.102. The minimum absolute atomic E-state index is 0.0564. The van der Waals surface area contributed by atoms with Gasteiger partial charge in [-0.1, -0.05) is 53.6 Å². The van der Waals surface area contributed by atoms with Gasteiger partial charge in [0.2, 0.25) is 0 Å². The van der Waals surface area contributed by atoms with Gasteiger partial charge in [-0.2, -0.15) is 0 Å². The Morgan fingerprint density at radius 3 is 2.36 bits per heavy atom. The molecule has 320 valence electrons. The maximum atomic E-state index is 15.7. The first-order valence-corrected chi connectivity index (χ1v) is 22.5. The second-order valence-electron chi connectivity index (χ2n) is 18.8. The standard InChI is InChI=1S/C48H52NO11P/c1-24(2)13-12-20-46(8)21-19-30-40(57-46)29(17-16-25(3)4)41-35(42(30)59-61(53,54)55)38-36-33(34-37(49-38)27-14-10-11-15-28(27)39(34)50)31-23-32-45(6,7)60-47(43(31)51,48(32,36)58-41)22-18-26(5)44(52)56-9/h10-11,13-16,18-19,21,31-34H,12,17,20,22-23H2,1-9H3,(H2,53,54,55)/b26-18-. The number of hydrogen-bond acceptors (Lipinski definition) is 10. The van der Waals surface area contributed by atoms with Gasteiger partial charge in [0, 0.05) is 52.0 Å². The van der Waals surface area contributed by atoms with E-state index in [0.717, 1.165) is 5.57 Å². The fraction of sp³-hybridized carbons (Fsp3) is 0.458. The van der Waals surface area contributed by atoms with E-state index >= 15 is 4.79 Å². The normalized spacial score (nSPS) is 30.5. The SMILES string of the molecule is COC(=O)/C(C)=C\CC12OC(C)(C)C3CC(C1=O)C1C4=C(N=C5c6ccccc6C(=O)C51)c1c(OP(=O)(O)O)c5c(c(CC=C(C)C)c1OC432)OC(C)(CCC=C(C)C)C=C5. The molecule has 61 heavy (non-hydrogen) atoms. The number of phosphoric ester groups is 1. The number of rotatable bonds is 10. The highest BCUT2D eigenvalue weighted by Crippen LogP contribution is 2.75. The highest BCUT2D eigenvalue weighted by atomic mass is 31.2. The van der Waals surface area contributed by atoms with Gasteiger partial charge in [-0.25, -0.2) is 9.36 Å². The van der Waals surface area contributed by atoms with E-state index in [1.165, 1.54) is 12.7 Å². The van der Waals surface area contributed by atoms with E-state index in [9.17, 15) is 23.9 Å². The number of carbonyl (C=O) groups is 3. The molecule has 4 aliphatic heterocycles. The zero-order valence-electron chi connectivity index (χ0n) is 36.0. The lowest BCUT2D eigenvalue weighted by Gasteiger charge is -2.62. The van der Waals surface area contributed by atoms with Gasteiger partial charge in [0.1, 0.15) is 17.1 Å². The fourth-order valence-electron chi connectivity index (χ4n) is 11.4. The number of ether oxygens (including phenoxy) is 4. The Bertz CT molecular complexity index is 2600. The topological polar surface area (TPSA) is 167 Å². The second-order valence-corrected chi connectivity index (χ2v) is 19.9. The van der Waals surface area contributed by atoms with Crippen molar-refractivity contribution < 1.29 is 52.2 Å². The van der Waals surface area contributed by atoms with Crippen LogP contribution in [0.2, 0.25) is 0 Å². The molecule has 10 rings (SSSR count). The molecule has 1 saturated heterocycles. The molecule has 7 unspecified atom stereocenters. The molecule has 2 N–H and O–H groups in total. The van der Waals surface area contributed by atoms with Gasteiger partial charge >= 0.3 is 13.8 Å². The number of aliphatic imine (C=N–C) groups is 1. The summed E-state index contributed by atoms with van der Waals surface area (Å²) in [5, 5.41) is 0. The van der Waals surface area contributed by atoms with Crippen LogP contribution in [0.3, 0.4) is 0 Å². The number of esters is 1. The molecule has 2 aromatic rings. The van der Waals surface area contributed by atoms with Crippen molar-refractivity contribution in [3.8, 4) is 17.2 Å². The molecule has 1 spiro atoms.